The van der Waals surface area contributed by atoms with Crippen molar-refractivity contribution in [2.24, 2.45) is 11.7 Å². The van der Waals surface area contributed by atoms with Crippen LogP contribution < -0.4 is 21.7 Å². The van der Waals surface area contributed by atoms with Gasteiger partial charge in [-0.3, -0.25) is 19.2 Å². The van der Waals surface area contributed by atoms with Gasteiger partial charge in [-0.15, -0.1) is 0 Å². The first-order chi connectivity index (χ1) is 18.0. The van der Waals surface area contributed by atoms with Gasteiger partial charge < -0.3 is 36.5 Å². The molecule has 0 aliphatic rings. The van der Waals surface area contributed by atoms with E-state index in [4.69, 9.17) is 10.8 Å². The Balaban J connectivity index is 2.32. The maximum Gasteiger partial charge on any atom is 0.316 e. The molecule has 202 valence electrons. The van der Waals surface area contributed by atoms with Gasteiger partial charge in [0.05, 0.1) is 19.0 Å². The van der Waals surface area contributed by atoms with Crippen molar-refractivity contribution < 1.29 is 33.9 Å². The molecule has 0 heterocycles. The number of hydrogen-bond donors (Lipinski definition) is 5. The summed E-state index contributed by atoms with van der Waals surface area (Å²) in [4.78, 5) is 73.8. The molecule has 12 nitrogen and oxygen atoms in total. The average molecular weight is 526 g/mol. The zero-order valence-electron chi connectivity index (χ0n) is 21.0. The van der Waals surface area contributed by atoms with Crippen LogP contribution >= 0.6 is 0 Å². The van der Waals surface area contributed by atoms with Crippen molar-refractivity contribution in [2.75, 3.05) is 11.9 Å². The number of carbonyl (C=O) groups excluding carboxylic acids is 5. The third-order valence-electron chi connectivity index (χ3n) is 5.37. The Morgan fingerprint density at radius 1 is 1.00 bits per heavy atom. The van der Waals surface area contributed by atoms with E-state index in [1.807, 2.05) is 0 Å². The van der Waals surface area contributed by atoms with Crippen molar-refractivity contribution >= 4 is 41.7 Å². The number of carbonyl (C=O) groups is 6. The fourth-order valence-corrected chi connectivity index (χ4v) is 3.59. The fraction of sp³-hybridized carbons (Fsp3) is 0.308. The molecule has 0 radical (unpaired) electrons. The first-order valence-electron chi connectivity index (χ1n) is 11.8. The molecule has 0 aliphatic carbocycles. The third kappa shape index (κ3) is 9.37. The number of urea groups is 1. The number of amides is 5. The number of hydrogen-bond acceptors (Lipinski definition) is 6. The Labute approximate surface area is 219 Å². The summed E-state index contributed by atoms with van der Waals surface area (Å²) >= 11 is 0. The lowest BCUT2D eigenvalue weighted by atomic mass is 10.0. The monoisotopic (exact) mass is 525 g/mol. The van der Waals surface area contributed by atoms with Crippen molar-refractivity contribution in [3.8, 4) is 0 Å². The Kier molecular flexibility index (Phi) is 11.0. The summed E-state index contributed by atoms with van der Waals surface area (Å²) in [6.45, 7) is 2.84. The lowest BCUT2D eigenvalue weighted by Gasteiger charge is -2.30. The van der Waals surface area contributed by atoms with Gasteiger partial charge in [-0.1, -0.05) is 44.2 Å². The van der Waals surface area contributed by atoms with E-state index < -0.39 is 54.8 Å². The van der Waals surface area contributed by atoms with Gasteiger partial charge in [0.2, 0.25) is 11.8 Å². The maximum absolute atomic E-state index is 13.7. The number of nitrogens with zero attached hydrogens (tertiary/aromatic N) is 1. The molecule has 5 amide bonds. The molecule has 0 bridgehead atoms. The number of benzene rings is 2. The molecule has 0 fully saturated rings. The van der Waals surface area contributed by atoms with E-state index >= 15 is 0 Å². The molecule has 0 aromatic heterocycles. The van der Waals surface area contributed by atoms with Crippen molar-refractivity contribution in [1.82, 2.24) is 15.5 Å². The number of primary amides is 1. The summed E-state index contributed by atoms with van der Waals surface area (Å²) in [5, 5.41) is 16.4. The lowest BCUT2D eigenvalue weighted by Crippen LogP contribution is -2.53. The molecule has 12 heteroatoms. The number of anilines is 1. The van der Waals surface area contributed by atoms with Gasteiger partial charge in [-0.25, -0.2) is 4.79 Å². The zero-order valence-corrected chi connectivity index (χ0v) is 21.0. The largest absolute Gasteiger partial charge is 0.481 e. The lowest BCUT2D eigenvalue weighted by molar-refractivity contribution is -0.141. The van der Waals surface area contributed by atoms with Gasteiger partial charge in [0, 0.05) is 17.8 Å². The average Bonchev–Trinajstić information content (AvgIpc) is 2.85. The van der Waals surface area contributed by atoms with E-state index in [1.165, 1.54) is 4.90 Å². The smallest absolute Gasteiger partial charge is 0.316 e. The summed E-state index contributed by atoms with van der Waals surface area (Å²) in [7, 11) is 0. The standard InChI is InChI=1S/C26H31N5O7/c1-16(2)23(30-24(36)18-8-4-3-5-9-18)25(37)31(14-21(33)28-20(15-32)12-22(34)35)13-17-7-6-10-19(11-17)29-26(27)38/h3-11,15-16,20,23H,12-14H2,1-2H3,(H,28,33)(H,30,36)(H,34,35)(H3,27,29,38)/t20-,23-/m0/s1. The predicted molar refractivity (Wildman–Crippen MR) is 138 cm³/mol. The highest BCUT2D eigenvalue weighted by molar-refractivity contribution is 5.98. The SMILES string of the molecule is CC(C)[C@H](NC(=O)c1ccccc1)C(=O)N(CC(=O)N[C@H](C=O)CC(=O)O)Cc1cccc(NC(N)=O)c1. The highest BCUT2D eigenvalue weighted by Gasteiger charge is 2.31. The molecule has 0 saturated heterocycles. The van der Waals surface area contributed by atoms with Gasteiger partial charge in [0.15, 0.2) is 0 Å². The Morgan fingerprint density at radius 2 is 1.68 bits per heavy atom. The first kappa shape index (κ1) is 29.5. The van der Waals surface area contributed by atoms with Crippen LogP contribution in [0.5, 0.6) is 0 Å². The molecule has 6 N–H and O–H groups in total. The summed E-state index contributed by atoms with van der Waals surface area (Å²) in [5.74, 6) is -3.46. The van der Waals surface area contributed by atoms with Crippen LogP contribution in [0.1, 0.15) is 36.2 Å². The maximum atomic E-state index is 13.7. The highest BCUT2D eigenvalue weighted by Crippen LogP contribution is 2.16. The number of carboxylic acid groups (broad SMARTS) is 1. The van der Waals surface area contributed by atoms with E-state index in [2.05, 4.69) is 16.0 Å². The number of nitrogens with two attached hydrogens (primary N) is 1. The molecule has 2 atom stereocenters. The van der Waals surface area contributed by atoms with Gasteiger partial charge in [0.25, 0.3) is 5.91 Å². The second kappa shape index (κ2) is 14.1. The molecular formula is C26H31N5O7. The number of aliphatic carboxylic acids is 1. The van der Waals surface area contributed by atoms with Crippen LogP contribution in [0.15, 0.2) is 54.6 Å². The molecule has 2 aromatic rings. The number of rotatable bonds is 13. The molecule has 0 saturated carbocycles. The highest BCUT2D eigenvalue weighted by atomic mass is 16.4. The first-order valence-corrected chi connectivity index (χ1v) is 11.8. The second-order valence-electron chi connectivity index (χ2n) is 8.85. The second-order valence-corrected chi connectivity index (χ2v) is 8.85. The predicted octanol–water partition coefficient (Wildman–Crippen LogP) is 1.12. The van der Waals surface area contributed by atoms with E-state index in [0.717, 1.165) is 0 Å². The van der Waals surface area contributed by atoms with Crippen LogP contribution in [0, 0.1) is 5.92 Å². The minimum Gasteiger partial charge on any atom is -0.481 e. The normalized spacial score (nSPS) is 12.1. The topological polar surface area (TPSA) is 188 Å². The zero-order chi connectivity index (χ0) is 28.2. The fourth-order valence-electron chi connectivity index (χ4n) is 3.59. The molecule has 0 aliphatic heterocycles. The van der Waals surface area contributed by atoms with Crippen molar-refractivity contribution in [3.63, 3.8) is 0 Å². The Bertz CT molecular complexity index is 1170. The quantitative estimate of drug-likeness (QED) is 0.242. The minimum atomic E-state index is -1.28. The molecule has 0 unspecified atom stereocenters. The van der Waals surface area contributed by atoms with Gasteiger partial charge in [-0.2, -0.15) is 0 Å². The summed E-state index contributed by atoms with van der Waals surface area (Å²) < 4.78 is 0. The Morgan fingerprint density at radius 3 is 2.26 bits per heavy atom. The van der Waals surface area contributed by atoms with Gasteiger partial charge >= 0.3 is 12.0 Å². The molecule has 38 heavy (non-hydrogen) atoms. The van der Waals surface area contributed by atoms with Crippen LogP contribution in [0.2, 0.25) is 0 Å². The van der Waals surface area contributed by atoms with E-state index in [1.54, 1.807) is 68.4 Å². The van der Waals surface area contributed by atoms with Crippen LogP contribution in [-0.4, -0.2) is 64.6 Å². The van der Waals surface area contributed by atoms with Crippen molar-refractivity contribution in [1.29, 1.82) is 0 Å². The van der Waals surface area contributed by atoms with Gasteiger partial charge in [0.1, 0.15) is 12.3 Å². The molecular weight excluding hydrogens is 494 g/mol. The number of aldehydes is 1. The Hall–Kier alpha value is -4.74. The van der Waals surface area contributed by atoms with Crippen molar-refractivity contribution in [2.45, 2.75) is 38.9 Å². The van der Waals surface area contributed by atoms with E-state index in [0.29, 0.717) is 23.1 Å². The summed E-state index contributed by atoms with van der Waals surface area (Å²) in [6, 6.07) is 11.7. The summed E-state index contributed by atoms with van der Waals surface area (Å²) in [6.07, 6.45) is -0.320. The van der Waals surface area contributed by atoms with Crippen molar-refractivity contribution in [3.05, 3.63) is 65.7 Å². The molecule has 2 rings (SSSR count). The summed E-state index contributed by atoms with van der Waals surface area (Å²) in [5.41, 5.74) is 6.42. The van der Waals surface area contributed by atoms with Gasteiger partial charge in [-0.05, 0) is 35.7 Å². The number of carboxylic acids is 1. The van der Waals surface area contributed by atoms with E-state index in [-0.39, 0.29) is 12.5 Å². The molecule has 0 spiro atoms. The van der Waals surface area contributed by atoms with E-state index in [9.17, 15) is 28.8 Å². The minimum absolute atomic E-state index is 0.102. The number of nitrogens with one attached hydrogen (secondary N) is 3. The van der Waals surface area contributed by atoms with Crippen LogP contribution in [0.25, 0.3) is 0 Å². The van der Waals surface area contributed by atoms with Crippen LogP contribution in [0.3, 0.4) is 0 Å². The van der Waals surface area contributed by atoms with Crippen LogP contribution in [0.4, 0.5) is 10.5 Å². The molecule has 2 aromatic carbocycles. The van der Waals surface area contributed by atoms with Crippen LogP contribution in [-0.2, 0) is 25.7 Å². The third-order valence-corrected chi connectivity index (χ3v) is 5.37.